The van der Waals surface area contributed by atoms with E-state index in [2.05, 4.69) is 10.6 Å². The van der Waals surface area contributed by atoms with Gasteiger partial charge in [0.15, 0.2) is 0 Å². The highest BCUT2D eigenvalue weighted by Crippen LogP contribution is 2.49. The van der Waals surface area contributed by atoms with Crippen molar-refractivity contribution in [2.45, 2.75) is 51.1 Å². The molecular formula is C14H23N3O4. The molecule has 2 saturated carbocycles. The van der Waals surface area contributed by atoms with Crippen LogP contribution in [0.15, 0.2) is 0 Å². The Morgan fingerprint density at radius 3 is 2.43 bits per heavy atom. The molecule has 0 radical (unpaired) electrons. The number of urea groups is 1. The van der Waals surface area contributed by atoms with Gasteiger partial charge in [0.05, 0.1) is 6.42 Å². The molecule has 2 bridgehead atoms. The van der Waals surface area contributed by atoms with Crippen LogP contribution >= 0.6 is 0 Å². The Bertz CT molecular complexity index is 440. The van der Waals surface area contributed by atoms with Crippen molar-refractivity contribution in [2.24, 2.45) is 23.5 Å². The van der Waals surface area contributed by atoms with Crippen LogP contribution in [0.4, 0.5) is 4.79 Å². The van der Waals surface area contributed by atoms with E-state index >= 15 is 0 Å². The summed E-state index contributed by atoms with van der Waals surface area (Å²) in [6.07, 6.45) is 4.49. The van der Waals surface area contributed by atoms with Crippen molar-refractivity contribution in [3.05, 3.63) is 0 Å². The van der Waals surface area contributed by atoms with Crippen LogP contribution in [0.5, 0.6) is 0 Å². The molecule has 0 aromatic rings. The third kappa shape index (κ3) is 3.86. The van der Waals surface area contributed by atoms with Crippen LogP contribution in [0.25, 0.3) is 0 Å². The van der Waals surface area contributed by atoms with Crippen LogP contribution in [0.2, 0.25) is 0 Å². The van der Waals surface area contributed by atoms with Crippen molar-refractivity contribution in [2.75, 3.05) is 0 Å². The zero-order valence-electron chi connectivity index (χ0n) is 12.2. The molecule has 3 amide bonds. The van der Waals surface area contributed by atoms with E-state index in [1.54, 1.807) is 0 Å². The fourth-order valence-electron chi connectivity index (χ4n) is 3.82. The number of nitrogens with two attached hydrogens (primary N) is 1. The smallest absolute Gasteiger partial charge is 0.326 e. The number of amides is 3. The quantitative estimate of drug-likeness (QED) is 0.568. The van der Waals surface area contributed by atoms with E-state index in [9.17, 15) is 14.4 Å². The lowest BCUT2D eigenvalue weighted by atomic mass is 9.84. The van der Waals surface area contributed by atoms with E-state index in [1.807, 2.05) is 6.92 Å². The first kappa shape index (κ1) is 15.6. The lowest BCUT2D eigenvalue weighted by molar-refractivity contribution is -0.140. The number of nitrogens with one attached hydrogen (secondary N) is 2. The fraction of sp³-hybridized carbons (Fsp3) is 0.786. The Morgan fingerprint density at radius 1 is 1.24 bits per heavy atom. The number of rotatable bonds is 6. The van der Waals surface area contributed by atoms with Crippen LogP contribution in [-0.2, 0) is 9.59 Å². The maximum Gasteiger partial charge on any atom is 0.326 e. The molecule has 0 aromatic heterocycles. The van der Waals surface area contributed by atoms with Crippen LogP contribution < -0.4 is 16.4 Å². The Kier molecular flexibility index (Phi) is 4.69. The van der Waals surface area contributed by atoms with Gasteiger partial charge in [-0.25, -0.2) is 9.59 Å². The van der Waals surface area contributed by atoms with Crippen molar-refractivity contribution in [1.29, 1.82) is 0 Å². The topological polar surface area (TPSA) is 122 Å². The molecule has 2 aliphatic carbocycles. The zero-order valence-corrected chi connectivity index (χ0v) is 12.2. The van der Waals surface area contributed by atoms with Gasteiger partial charge in [-0.2, -0.15) is 0 Å². The highest BCUT2D eigenvalue weighted by molar-refractivity contribution is 5.87. The number of aliphatic carboxylic acids is 1. The number of carbonyl (C=O) groups is 3. The minimum atomic E-state index is -1.28. The summed E-state index contributed by atoms with van der Waals surface area (Å²) in [5.74, 6) is -0.102. The number of primary amides is 1. The first-order chi connectivity index (χ1) is 9.86. The standard InChI is InChI=1S/C14H23N3O4/c1-7(10-5-8-2-3-9(10)4-8)16-14(21)17-11(13(19)20)6-12(15)18/h7-11H,2-6H2,1H3,(H2,15,18)(H,19,20)(H2,16,17,21)/t7?,8?,9?,10?,11-/m0/s1. The molecule has 2 fully saturated rings. The maximum absolute atomic E-state index is 11.9. The average molecular weight is 297 g/mol. The normalized spacial score (nSPS) is 29.7. The predicted molar refractivity (Wildman–Crippen MR) is 75.3 cm³/mol. The van der Waals surface area contributed by atoms with Crippen LogP contribution in [0.3, 0.4) is 0 Å². The van der Waals surface area contributed by atoms with Gasteiger partial charge in [-0.3, -0.25) is 4.79 Å². The summed E-state index contributed by atoms with van der Waals surface area (Å²) >= 11 is 0. The van der Waals surface area contributed by atoms with Gasteiger partial charge < -0.3 is 21.5 Å². The number of hydrogen-bond acceptors (Lipinski definition) is 3. The largest absolute Gasteiger partial charge is 0.480 e. The van der Waals surface area contributed by atoms with Gasteiger partial charge in [0.1, 0.15) is 6.04 Å². The second-order valence-electron chi connectivity index (χ2n) is 6.31. The average Bonchev–Trinajstić information content (AvgIpc) is 2.99. The van der Waals surface area contributed by atoms with Crippen molar-refractivity contribution >= 4 is 17.9 Å². The Balaban J connectivity index is 1.82. The van der Waals surface area contributed by atoms with Gasteiger partial charge in [-0.15, -0.1) is 0 Å². The summed E-state index contributed by atoms with van der Waals surface area (Å²) in [5, 5.41) is 14.0. The van der Waals surface area contributed by atoms with E-state index < -0.39 is 30.4 Å². The van der Waals surface area contributed by atoms with Gasteiger partial charge in [-0.05, 0) is 43.9 Å². The van der Waals surface area contributed by atoms with Crippen molar-refractivity contribution in [3.8, 4) is 0 Å². The summed E-state index contributed by atoms with van der Waals surface area (Å²) in [7, 11) is 0. The molecule has 5 N–H and O–H groups in total. The molecule has 0 saturated heterocycles. The molecule has 7 nitrogen and oxygen atoms in total. The number of carbonyl (C=O) groups excluding carboxylic acids is 2. The van der Waals surface area contributed by atoms with Gasteiger partial charge in [-0.1, -0.05) is 6.42 Å². The highest BCUT2D eigenvalue weighted by atomic mass is 16.4. The van der Waals surface area contributed by atoms with E-state index in [0.29, 0.717) is 11.8 Å². The minimum Gasteiger partial charge on any atom is -0.480 e. The van der Waals surface area contributed by atoms with Crippen LogP contribution in [0.1, 0.15) is 39.0 Å². The monoisotopic (exact) mass is 297 g/mol. The highest BCUT2D eigenvalue weighted by Gasteiger charge is 2.42. The first-order valence-electron chi connectivity index (χ1n) is 7.45. The number of carboxylic acids is 1. The molecule has 118 valence electrons. The van der Waals surface area contributed by atoms with Crippen molar-refractivity contribution < 1.29 is 19.5 Å². The second kappa shape index (κ2) is 6.32. The number of carboxylic acid groups (broad SMARTS) is 1. The molecule has 0 heterocycles. The molecular weight excluding hydrogens is 274 g/mol. The summed E-state index contributed by atoms with van der Waals surface area (Å²) in [6.45, 7) is 1.95. The predicted octanol–water partition coefficient (Wildman–Crippen LogP) is 0.439. The van der Waals surface area contributed by atoms with E-state index in [0.717, 1.165) is 12.3 Å². The minimum absolute atomic E-state index is 0.00308. The van der Waals surface area contributed by atoms with E-state index in [-0.39, 0.29) is 6.04 Å². The molecule has 21 heavy (non-hydrogen) atoms. The number of fused-ring (bicyclic) bond motifs is 2. The Labute approximate surface area is 123 Å². The van der Waals surface area contributed by atoms with E-state index in [4.69, 9.17) is 10.8 Å². The summed E-state index contributed by atoms with van der Waals surface area (Å²) in [4.78, 5) is 33.6. The Hall–Kier alpha value is -1.79. The molecule has 5 atom stereocenters. The van der Waals surface area contributed by atoms with Gasteiger partial charge in [0, 0.05) is 6.04 Å². The third-order valence-corrected chi connectivity index (χ3v) is 4.80. The van der Waals surface area contributed by atoms with Crippen molar-refractivity contribution in [1.82, 2.24) is 10.6 Å². The molecule has 2 aliphatic rings. The van der Waals surface area contributed by atoms with Crippen molar-refractivity contribution in [3.63, 3.8) is 0 Å². The van der Waals surface area contributed by atoms with Crippen LogP contribution in [0, 0.1) is 17.8 Å². The molecule has 4 unspecified atom stereocenters. The van der Waals surface area contributed by atoms with Gasteiger partial charge in [0.2, 0.25) is 5.91 Å². The van der Waals surface area contributed by atoms with Gasteiger partial charge >= 0.3 is 12.0 Å². The fourth-order valence-corrected chi connectivity index (χ4v) is 3.82. The SMILES string of the molecule is CC(NC(=O)N[C@@H](CC(N)=O)C(=O)O)C1CC2CCC1C2. The summed E-state index contributed by atoms with van der Waals surface area (Å²) < 4.78 is 0. The summed E-state index contributed by atoms with van der Waals surface area (Å²) in [6, 6.07) is -1.84. The van der Waals surface area contributed by atoms with Crippen LogP contribution in [-0.4, -0.2) is 35.1 Å². The maximum atomic E-state index is 11.9. The molecule has 0 spiro atoms. The molecule has 0 aromatic carbocycles. The summed E-state index contributed by atoms with van der Waals surface area (Å²) in [5.41, 5.74) is 4.97. The lowest BCUT2D eigenvalue weighted by Gasteiger charge is -2.29. The first-order valence-corrected chi connectivity index (χ1v) is 7.45. The lowest BCUT2D eigenvalue weighted by Crippen LogP contribution is -2.51. The van der Waals surface area contributed by atoms with Gasteiger partial charge in [0.25, 0.3) is 0 Å². The molecule has 0 aliphatic heterocycles. The Morgan fingerprint density at radius 2 is 1.95 bits per heavy atom. The third-order valence-electron chi connectivity index (χ3n) is 4.80. The molecule has 2 rings (SSSR count). The zero-order chi connectivity index (χ0) is 15.6. The van der Waals surface area contributed by atoms with E-state index in [1.165, 1.54) is 19.3 Å². The molecule has 7 heteroatoms. The second-order valence-corrected chi connectivity index (χ2v) is 6.31. The number of hydrogen-bond donors (Lipinski definition) is 4.